The summed E-state index contributed by atoms with van der Waals surface area (Å²) in [6, 6.07) is 0. The summed E-state index contributed by atoms with van der Waals surface area (Å²) in [5.41, 5.74) is -0.305. The number of ether oxygens (including phenoxy) is 2. The first-order chi connectivity index (χ1) is 11.7. The summed E-state index contributed by atoms with van der Waals surface area (Å²) in [4.78, 5) is 17.9. The first kappa shape index (κ1) is 23.9. The van der Waals surface area contributed by atoms with Gasteiger partial charge in [-0.2, -0.15) is 0 Å². The Morgan fingerprint density at radius 1 is 1.19 bits per heavy atom. The highest BCUT2D eigenvalue weighted by Crippen LogP contribution is 2.33. The molecule has 3 aliphatic rings. The molecule has 0 aromatic heterocycles. The third-order valence-electron chi connectivity index (χ3n) is 5.86. The van der Waals surface area contributed by atoms with E-state index in [0.717, 1.165) is 78.3 Å². The van der Waals surface area contributed by atoms with Crippen molar-refractivity contribution in [3.63, 3.8) is 0 Å². The molecule has 3 rings (SSSR count). The number of carbonyl (C=O) groups is 1. The average molecular weight is 412 g/mol. The van der Waals surface area contributed by atoms with E-state index in [-0.39, 0.29) is 30.2 Å². The van der Waals surface area contributed by atoms with Crippen LogP contribution < -0.4 is 5.32 Å². The van der Waals surface area contributed by atoms with Gasteiger partial charge in [0.2, 0.25) is 5.91 Å². The van der Waals surface area contributed by atoms with Gasteiger partial charge >= 0.3 is 0 Å². The van der Waals surface area contributed by atoms with Gasteiger partial charge in [0.25, 0.3) is 0 Å². The van der Waals surface area contributed by atoms with Gasteiger partial charge in [-0.3, -0.25) is 9.69 Å². The molecule has 0 saturated carbocycles. The van der Waals surface area contributed by atoms with Gasteiger partial charge in [0.1, 0.15) is 0 Å². The van der Waals surface area contributed by atoms with Crippen LogP contribution in [0.25, 0.3) is 0 Å². The second-order valence-electron chi connectivity index (χ2n) is 7.64. The molecule has 0 aromatic rings. The standard InChI is InChI=1S/C18H33N3O3.2ClH/c1-23-15-18(4-6-19-7-5-18)17(22)21-8-2-3-16(14-21)13-20-9-11-24-12-10-20;;/h16,19H,2-15H2,1H3;2*1H. The predicted molar refractivity (Wildman–Crippen MR) is 107 cm³/mol. The number of nitrogens with one attached hydrogen (secondary N) is 1. The maximum Gasteiger partial charge on any atom is 0.231 e. The summed E-state index contributed by atoms with van der Waals surface area (Å²) in [6.07, 6.45) is 4.15. The second kappa shape index (κ2) is 11.7. The third kappa shape index (κ3) is 5.94. The Morgan fingerprint density at radius 3 is 2.54 bits per heavy atom. The minimum absolute atomic E-state index is 0. The van der Waals surface area contributed by atoms with Crippen LogP contribution in [0.5, 0.6) is 0 Å². The Kier molecular flexibility index (Phi) is 10.7. The summed E-state index contributed by atoms with van der Waals surface area (Å²) >= 11 is 0. The zero-order valence-corrected chi connectivity index (χ0v) is 17.5. The Morgan fingerprint density at radius 2 is 1.88 bits per heavy atom. The number of amides is 1. The third-order valence-corrected chi connectivity index (χ3v) is 5.86. The molecule has 3 heterocycles. The van der Waals surface area contributed by atoms with Gasteiger partial charge in [-0.1, -0.05) is 0 Å². The zero-order chi connectivity index (χ0) is 16.8. The monoisotopic (exact) mass is 411 g/mol. The number of nitrogens with zero attached hydrogens (tertiary/aromatic N) is 2. The summed E-state index contributed by atoms with van der Waals surface area (Å²) < 4.78 is 10.9. The van der Waals surface area contributed by atoms with E-state index in [4.69, 9.17) is 9.47 Å². The van der Waals surface area contributed by atoms with Gasteiger partial charge in [0.05, 0.1) is 25.2 Å². The lowest BCUT2D eigenvalue weighted by Gasteiger charge is -2.43. The predicted octanol–water partition coefficient (Wildman–Crippen LogP) is 1.42. The number of likely N-dealkylation sites (tertiary alicyclic amines) is 1. The number of rotatable bonds is 5. The molecule has 8 heteroatoms. The maximum absolute atomic E-state index is 13.3. The first-order valence-electron chi connectivity index (χ1n) is 9.53. The van der Waals surface area contributed by atoms with Crippen molar-refractivity contribution in [2.24, 2.45) is 11.3 Å². The molecule has 0 bridgehead atoms. The van der Waals surface area contributed by atoms with E-state index in [9.17, 15) is 4.79 Å². The summed E-state index contributed by atoms with van der Waals surface area (Å²) in [6.45, 7) is 9.07. The van der Waals surface area contributed by atoms with Crippen molar-refractivity contribution >= 4 is 30.7 Å². The van der Waals surface area contributed by atoms with E-state index in [1.807, 2.05) is 0 Å². The molecule has 0 aromatic carbocycles. The van der Waals surface area contributed by atoms with Crippen molar-refractivity contribution < 1.29 is 14.3 Å². The highest BCUT2D eigenvalue weighted by atomic mass is 35.5. The Hall–Kier alpha value is -0.110. The molecule has 0 spiro atoms. The Labute approximate surface area is 170 Å². The topological polar surface area (TPSA) is 54.0 Å². The summed E-state index contributed by atoms with van der Waals surface area (Å²) in [5.74, 6) is 0.930. The lowest BCUT2D eigenvalue weighted by Crippen LogP contribution is -2.54. The normalized spacial score (nSPS) is 26.5. The number of halogens is 2. The molecule has 0 radical (unpaired) electrons. The maximum atomic E-state index is 13.3. The lowest BCUT2D eigenvalue weighted by atomic mass is 9.77. The summed E-state index contributed by atoms with van der Waals surface area (Å²) in [7, 11) is 1.72. The van der Waals surface area contributed by atoms with Gasteiger partial charge in [-0.25, -0.2) is 0 Å². The van der Waals surface area contributed by atoms with E-state index in [2.05, 4.69) is 15.1 Å². The lowest BCUT2D eigenvalue weighted by molar-refractivity contribution is -0.149. The Bertz CT molecular complexity index is 411. The fourth-order valence-corrected chi connectivity index (χ4v) is 4.48. The minimum Gasteiger partial charge on any atom is -0.384 e. The largest absolute Gasteiger partial charge is 0.384 e. The quantitative estimate of drug-likeness (QED) is 0.740. The molecule has 154 valence electrons. The van der Waals surface area contributed by atoms with Gasteiger partial charge in [-0.05, 0) is 44.7 Å². The zero-order valence-electron chi connectivity index (χ0n) is 15.9. The number of hydrogen-bond acceptors (Lipinski definition) is 5. The van der Waals surface area contributed by atoms with Crippen molar-refractivity contribution in [1.82, 2.24) is 15.1 Å². The van der Waals surface area contributed by atoms with Gasteiger partial charge in [-0.15, -0.1) is 24.8 Å². The van der Waals surface area contributed by atoms with Gasteiger partial charge < -0.3 is 19.7 Å². The molecular weight excluding hydrogens is 377 g/mol. The van der Waals surface area contributed by atoms with Crippen molar-refractivity contribution in [2.45, 2.75) is 25.7 Å². The number of piperidine rings is 2. The highest BCUT2D eigenvalue weighted by molar-refractivity contribution is 5.85. The van der Waals surface area contributed by atoms with Crippen molar-refractivity contribution in [3.8, 4) is 0 Å². The van der Waals surface area contributed by atoms with Crippen LogP contribution in [0.4, 0.5) is 0 Å². The van der Waals surface area contributed by atoms with Crippen LogP contribution in [0.1, 0.15) is 25.7 Å². The Balaban J connectivity index is 0.00000169. The highest BCUT2D eigenvalue weighted by Gasteiger charge is 2.43. The molecule has 3 saturated heterocycles. The van der Waals surface area contributed by atoms with Crippen LogP contribution in [-0.4, -0.2) is 88.5 Å². The molecule has 1 atom stereocenters. The fourth-order valence-electron chi connectivity index (χ4n) is 4.48. The van der Waals surface area contributed by atoms with Crippen LogP contribution in [0, 0.1) is 11.3 Å². The fraction of sp³-hybridized carbons (Fsp3) is 0.944. The molecule has 0 aliphatic carbocycles. The van der Waals surface area contributed by atoms with Crippen molar-refractivity contribution in [2.75, 3.05) is 72.7 Å². The van der Waals surface area contributed by atoms with E-state index in [1.54, 1.807) is 7.11 Å². The van der Waals surface area contributed by atoms with Crippen LogP contribution in [0.3, 0.4) is 0 Å². The molecular formula is C18H35Cl2N3O3. The SMILES string of the molecule is COCC1(C(=O)N2CCCC(CN3CCOCC3)C2)CCNCC1.Cl.Cl. The van der Waals surface area contributed by atoms with Crippen LogP contribution >= 0.6 is 24.8 Å². The van der Waals surface area contributed by atoms with Gasteiger partial charge in [0.15, 0.2) is 0 Å². The number of methoxy groups -OCH3 is 1. The van der Waals surface area contributed by atoms with E-state index >= 15 is 0 Å². The second-order valence-corrected chi connectivity index (χ2v) is 7.64. The molecule has 6 nitrogen and oxygen atoms in total. The first-order valence-corrected chi connectivity index (χ1v) is 9.53. The van der Waals surface area contributed by atoms with Crippen LogP contribution in [0.2, 0.25) is 0 Å². The molecule has 26 heavy (non-hydrogen) atoms. The molecule has 1 unspecified atom stereocenters. The smallest absolute Gasteiger partial charge is 0.231 e. The molecule has 1 amide bonds. The number of morpholine rings is 1. The average Bonchev–Trinajstić information content (AvgIpc) is 2.63. The van der Waals surface area contributed by atoms with Crippen molar-refractivity contribution in [1.29, 1.82) is 0 Å². The minimum atomic E-state index is -0.305. The molecule has 1 N–H and O–H groups in total. The van der Waals surface area contributed by atoms with Crippen LogP contribution in [0.15, 0.2) is 0 Å². The number of carbonyl (C=O) groups excluding carboxylic acids is 1. The number of hydrogen-bond donors (Lipinski definition) is 1. The van der Waals surface area contributed by atoms with E-state index in [1.165, 1.54) is 6.42 Å². The van der Waals surface area contributed by atoms with E-state index in [0.29, 0.717) is 18.4 Å². The van der Waals surface area contributed by atoms with Crippen LogP contribution in [-0.2, 0) is 14.3 Å². The molecule has 3 aliphatic heterocycles. The van der Waals surface area contributed by atoms with Crippen molar-refractivity contribution in [3.05, 3.63) is 0 Å². The summed E-state index contributed by atoms with van der Waals surface area (Å²) in [5, 5.41) is 3.37. The van der Waals surface area contributed by atoms with Gasteiger partial charge in [0, 0.05) is 39.8 Å². The molecule has 3 fully saturated rings. The van der Waals surface area contributed by atoms with E-state index < -0.39 is 0 Å².